The second kappa shape index (κ2) is 9.37. The third-order valence-electron chi connectivity index (χ3n) is 4.41. The highest BCUT2D eigenvalue weighted by Crippen LogP contribution is 2.23. The van der Waals surface area contributed by atoms with Crippen LogP contribution in [0.5, 0.6) is 0 Å². The predicted octanol–water partition coefficient (Wildman–Crippen LogP) is 2.80. The molecule has 156 valence electrons. The summed E-state index contributed by atoms with van der Waals surface area (Å²) < 4.78 is 32.7. The molecule has 1 fully saturated rings. The zero-order valence-electron chi connectivity index (χ0n) is 16.6. The number of sulfonamides is 1. The fourth-order valence-electron chi connectivity index (χ4n) is 3.37. The summed E-state index contributed by atoms with van der Waals surface area (Å²) in [5.41, 5.74) is 0.0554. The lowest BCUT2D eigenvalue weighted by Gasteiger charge is -2.34. The number of piperidine rings is 1. The van der Waals surface area contributed by atoms with E-state index in [4.69, 9.17) is 4.74 Å². The Morgan fingerprint density at radius 1 is 1.25 bits per heavy atom. The van der Waals surface area contributed by atoms with Crippen molar-refractivity contribution in [1.29, 1.82) is 0 Å². The second-order valence-electron chi connectivity index (χ2n) is 7.74. The molecule has 0 saturated carbocycles. The molecule has 0 spiro atoms. The summed E-state index contributed by atoms with van der Waals surface area (Å²) in [4.78, 5) is 26.5. The molecule has 1 aliphatic heterocycles. The maximum atomic E-state index is 12.4. The average molecular weight is 475 g/mol. The lowest BCUT2D eigenvalue weighted by atomic mass is 9.92. The van der Waals surface area contributed by atoms with E-state index in [-0.39, 0.29) is 29.0 Å². The van der Waals surface area contributed by atoms with Gasteiger partial charge in [-0.05, 0) is 66.2 Å². The van der Waals surface area contributed by atoms with Crippen molar-refractivity contribution in [2.24, 2.45) is 11.8 Å². The van der Waals surface area contributed by atoms with Gasteiger partial charge in [0.2, 0.25) is 10.0 Å². The van der Waals surface area contributed by atoms with Gasteiger partial charge in [0.25, 0.3) is 5.91 Å². The summed E-state index contributed by atoms with van der Waals surface area (Å²) >= 11 is 3.24. The van der Waals surface area contributed by atoms with Crippen molar-refractivity contribution in [3.63, 3.8) is 0 Å². The van der Waals surface area contributed by atoms with Crippen LogP contribution in [-0.4, -0.2) is 50.9 Å². The molecule has 0 unspecified atom stereocenters. The Kier molecular flexibility index (Phi) is 7.64. The summed E-state index contributed by atoms with van der Waals surface area (Å²) in [5, 5.41) is 0. The summed E-state index contributed by atoms with van der Waals surface area (Å²) in [6.45, 7) is 8.54. The fourth-order valence-corrected chi connectivity index (χ4v) is 5.05. The van der Waals surface area contributed by atoms with Crippen LogP contribution in [0, 0.1) is 11.8 Å². The van der Waals surface area contributed by atoms with Crippen LogP contribution in [0.3, 0.4) is 0 Å². The molecular weight excluding hydrogens is 448 g/mol. The molecule has 1 aromatic rings. The Hall–Kier alpha value is -1.45. The third kappa shape index (κ3) is 6.02. The van der Waals surface area contributed by atoms with Crippen LogP contribution in [0.15, 0.2) is 27.6 Å². The number of esters is 1. The minimum absolute atomic E-state index is 0.0404. The highest BCUT2D eigenvalue weighted by atomic mass is 79.9. The normalized spacial score (nSPS) is 20.3. The van der Waals surface area contributed by atoms with E-state index < -0.39 is 16.0 Å². The first-order valence-electron chi connectivity index (χ1n) is 9.26. The summed E-state index contributed by atoms with van der Waals surface area (Å²) in [6.07, 6.45) is 1.07. The number of rotatable bonds is 6. The number of benzene rings is 1. The number of nitrogens with one attached hydrogen (secondary N) is 1. The number of amides is 1. The van der Waals surface area contributed by atoms with E-state index in [1.807, 2.05) is 0 Å². The molecule has 0 bridgehead atoms. The summed E-state index contributed by atoms with van der Waals surface area (Å²) in [5.74, 6) is -0.172. The topological polar surface area (TPSA) is 92.8 Å². The van der Waals surface area contributed by atoms with E-state index in [1.165, 1.54) is 18.2 Å². The Balaban J connectivity index is 2.08. The van der Waals surface area contributed by atoms with Crippen molar-refractivity contribution >= 4 is 37.8 Å². The lowest BCUT2D eigenvalue weighted by Crippen LogP contribution is -2.44. The van der Waals surface area contributed by atoms with Gasteiger partial charge in [-0.25, -0.2) is 17.9 Å². The molecule has 0 radical (unpaired) electrons. The molecule has 1 aliphatic rings. The van der Waals surface area contributed by atoms with Crippen molar-refractivity contribution in [2.45, 2.75) is 45.1 Å². The SMILES string of the molecule is CC(C)NS(=O)(=O)c1ccc(Br)c(C(=O)OCC(=O)N2C[C@H](C)C[C@@H](C)C2)c1. The van der Waals surface area contributed by atoms with E-state index >= 15 is 0 Å². The molecule has 1 N–H and O–H groups in total. The molecule has 1 saturated heterocycles. The Morgan fingerprint density at radius 2 is 1.86 bits per heavy atom. The molecule has 1 aromatic carbocycles. The van der Waals surface area contributed by atoms with Crippen LogP contribution < -0.4 is 4.72 Å². The van der Waals surface area contributed by atoms with Crippen LogP contribution in [-0.2, 0) is 19.6 Å². The Morgan fingerprint density at radius 3 is 2.43 bits per heavy atom. The first-order chi connectivity index (χ1) is 13.0. The number of likely N-dealkylation sites (tertiary alicyclic amines) is 1. The second-order valence-corrected chi connectivity index (χ2v) is 10.3. The predicted molar refractivity (Wildman–Crippen MR) is 109 cm³/mol. The molecule has 1 amide bonds. The number of hydrogen-bond acceptors (Lipinski definition) is 5. The zero-order valence-corrected chi connectivity index (χ0v) is 19.0. The third-order valence-corrected chi connectivity index (χ3v) is 6.75. The summed E-state index contributed by atoms with van der Waals surface area (Å²) in [6, 6.07) is 3.83. The van der Waals surface area contributed by atoms with Crippen molar-refractivity contribution in [3.05, 3.63) is 28.2 Å². The van der Waals surface area contributed by atoms with Crippen LogP contribution in [0.25, 0.3) is 0 Å². The standard InChI is InChI=1S/C19H27BrN2O5S/c1-12(2)21-28(25,26)15-5-6-17(20)16(8-15)19(24)27-11-18(23)22-9-13(3)7-14(4)10-22/h5-6,8,12-14,21H,7,9-11H2,1-4H3/t13-,14-/m1/s1. The van der Waals surface area contributed by atoms with Crippen molar-refractivity contribution in [2.75, 3.05) is 19.7 Å². The molecule has 1 heterocycles. The first-order valence-corrected chi connectivity index (χ1v) is 11.5. The number of carbonyl (C=O) groups is 2. The Labute approximate surface area is 175 Å². The smallest absolute Gasteiger partial charge is 0.339 e. The molecule has 0 aromatic heterocycles. The van der Waals surface area contributed by atoms with E-state index in [2.05, 4.69) is 34.5 Å². The van der Waals surface area contributed by atoms with Gasteiger partial charge >= 0.3 is 5.97 Å². The number of halogens is 1. The van der Waals surface area contributed by atoms with Gasteiger partial charge in [-0.2, -0.15) is 0 Å². The van der Waals surface area contributed by atoms with E-state index in [0.717, 1.165) is 6.42 Å². The van der Waals surface area contributed by atoms with Crippen LogP contribution in [0.1, 0.15) is 44.5 Å². The quantitative estimate of drug-likeness (QED) is 0.639. The monoisotopic (exact) mass is 474 g/mol. The molecule has 2 rings (SSSR count). The van der Waals surface area contributed by atoms with E-state index in [1.54, 1.807) is 18.7 Å². The summed E-state index contributed by atoms with van der Waals surface area (Å²) in [7, 11) is -3.75. The molecule has 7 nitrogen and oxygen atoms in total. The van der Waals surface area contributed by atoms with Gasteiger partial charge < -0.3 is 9.64 Å². The zero-order chi connectivity index (χ0) is 21.1. The minimum Gasteiger partial charge on any atom is -0.452 e. The van der Waals surface area contributed by atoms with Crippen molar-refractivity contribution in [3.8, 4) is 0 Å². The first kappa shape index (κ1) is 22.8. The number of ether oxygens (including phenoxy) is 1. The van der Waals surface area contributed by atoms with Gasteiger partial charge in [0.1, 0.15) is 0 Å². The van der Waals surface area contributed by atoms with Crippen LogP contribution in [0.4, 0.5) is 0 Å². The van der Waals surface area contributed by atoms with Gasteiger partial charge in [-0.1, -0.05) is 13.8 Å². The van der Waals surface area contributed by atoms with Crippen LogP contribution in [0.2, 0.25) is 0 Å². The van der Waals surface area contributed by atoms with Gasteiger partial charge in [0.15, 0.2) is 6.61 Å². The molecule has 28 heavy (non-hydrogen) atoms. The average Bonchev–Trinajstić information content (AvgIpc) is 2.57. The van der Waals surface area contributed by atoms with Gasteiger partial charge in [0.05, 0.1) is 10.5 Å². The number of carbonyl (C=O) groups excluding carboxylic acids is 2. The van der Waals surface area contributed by atoms with Crippen molar-refractivity contribution < 1.29 is 22.7 Å². The molecule has 9 heteroatoms. The lowest BCUT2D eigenvalue weighted by molar-refractivity contribution is -0.137. The van der Waals surface area contributed by atoms with Gasteiger partial charge in [0, 0.05) is 23.6 Å². The highest BCUT2D eigenvalue weighted by molar-refractivity contribution is 9.10. The number of hydrogen-bond donors (Lipinski definition) is 1. The Bertz CT molecular complexity index is 831. The van der Waals surface area contributed by atoms with E-state index in [9.17, 15) is 18.0 Å². The highest BCUT2D eigenvalue weighted by Gasteiger charge is 2.26. The largest absolute Gasteiger partial charge is 0.452 e. The van der Waals surface area contributed by atoms with Gasteiger partial charge in [-0.15, -0.1) is 0 Å². The number of nitrogens with zero attached hydrogens (tertiary/aromatic N) is 1. The van der Waals surface area contributed by atoms with Crippen molar-refractivity contribution in [1.82, 2.24) is 9.62 Å². The van der Waals surface area contributed by atoms with E-state index in [0.29, 0.717) is 29.4 Å². The maximum absolute atomic E-state index is 12.4. The van der Waals surface area contributed by atoms with Gasteiger partial charge in [-0.3, -0.25) is 4.79 Å². The minimum atomic E-state index is -3.75. The fraction of sp³-hybridized carbons (Fsp3) is 0.579. The molecular formula is C19H27BrN2O5S. The maximum Gasteiger partial charge on any atom is 0.339 e. The molecule has 0 aliphatic carbocycles. The van der Waals surface area contributed by atoms with Crippen LogP contribution >= 0.6 is 15.9 Å². The molecule has 2 atom stereocenters.